The molecule has 160 valence electrons. The maximum Gasteiger partial charge on any atom is 0.317 e. The molecule has 0 atom stereocenters. The molecule has 0 bridgehead atoms. The number of amides is 4. The van der Waals surface area contributed by atoms with E-state index in [-0.39, 0.29) is 17.5 Å². The Morgan fingerprint density at radius 3 is 2.14 bits per heavy atom. The van der Waals surface area contributed by atoms with Crippen molar-refractivity contribution >= 4 is 23.5 Å². The molecule has 0 radical (unpaired) electrons. The van der Waals surface area contributed by atoms with Gasteiger partial charge in [-0.2, -0.15) is 0 Å². The molecule has 2 rings (SSSR count). The second-order valence-corrected chi connectivity index (χ2v) is 9.05. The highest BCUT2D eigenvalue weighted by Crippen LogP contribution is 2.18. The van der Waals surface area contributed by atoms with Crippen LogP contribution >= 0.6 is 0 Å². The van der Waals surface area contributed by atoms with Crippen LogP contribution < -0.4 is 16.0 Å². The first-order valence-corrected chi connectivity index (χ1v) is 10.3. The Hall–Kier alpha value is -2.57. The molecule has 0 unspecified atom stereocenters. The van der Waals surface area contributed by atoms with E-state index in [4.69, 9.17) is 0 Å². The molecular weight excluding hydrogens is 368 g/mol. The number of likely N-dealkylation sites (tertiary alicyclic amines) is 1. The normalized spacial score (nSPS) is 15.2. The van der Waals surface area contributed by atoms with Crippen molar-refractivity contribution in [2.45, 2.75) is 58.9 Å². The molecule has 1 heterocycles. The summed E-state index contributed by atoms with van der Waals surface area (Å²) in [5.41, 5.74) is 1.52. The molecule has 1 saturated heterocycles. The number of rotatable bonds is 4. The lowest BCUT2D eigenvalue weighted by atomic mass is 9.97. The van der Waals surface area contributed by atoms with E-state index in [1.54, 1.807) is 17.0 Å². The Balaban J connectivity index is 1.72. The molecule has 4 amide bonds. The van der Waals surface area contributed by atoms with Gasteiger partial charge in [0.05, 0.1) is 0 Å². The summed E-state index contributed by atoms with van der Waals surface area (Å²) in [5, 5.41) is 8.31. The quantitative estimate of drug-likeness (QED) is 0.676. The van der Waals surface area contributed by atoms with Crippen LogP contribution in [0.2, 0.25) is 0 Å². The van der Waals surface area contributed by atoms with Crippen LogP contribution in [0.25, 0.3) is 0 Å². The standard InChI is InChI=1S/C22H34N4O3/c1-15(2)17-6-8-18(9-7-17)24-20(28)19(27)23-14-16-10-12-26(13-11-16)21(29)25-22(3,4)5/h6-9,15-16H,10-14H2,1-5H3,(H,23,27)(H,24,28)(H,25,29). The molecule has 1 aromatic carbocycles. The summed E-state index contributed by atoms with van der Waals surface area (Å²) in [6.07, 6.45) is 1.60. The van der Waals surface area contributed by atoms with Gasteiger partial charge >= 0.3 is 17.8 Å². The van der Waals surface area contributed by atoms with Gasteiger partial charge in [-0.25, -0.2) is 4.79 Å². The van der Waals surface area contributed by atoms with Crippen LogP contribution in [-0.4, -0.2) is 47.9 Å². The van der Waals surface area contributed by atoms with Crippen molar-refractivity contribution in [1.82, 2.24) is 15.5 Å². The minimum Gasteiger partial charge on any atom is -0.348 e. The van der Waals surface area contributed by atoms with E-state index in [0.29, 0.717) is 31.2 Å². The highest BCUT2D eigenvalue weighted by molar-refractivity contribution is 6.39. The molecule has 1 aromatic rings. The van der Waals surface area contributed by atoms with Gasteiger partial charge in [-0.1, -0.05) is 26.0 Å². The fraction of sp³-hybridized carbons (Fsp3) is 0.591. The van der Waals surface area contributed by atoms with Gasteiger partial charge in [-0.3, -0.25) is 9.59 Å². The summed E-state index contributed by atoms with van der Waals surface area (Å²) in [4.78, 5) is 38.2. The molecule has 0 spiro atoms. The van der Waals surface area contributed by atoms with Crippen molar-refractivity contribution in [1.29, 1.82) is 0 Å². The zero-order valence-corrected chi connectivity index (χ0v) is 18.2. The van der Waals surface area contributed by atoms with Gasteiger partial charge in [-0.15, -0.1) is 0 Å². The van der Waals surface area contributed by atoms with Gasteiger partial charge < -0.3 is 20.9 Å². The second kappa shape index (κ2) is 9.76. The number of piperidine rings is 1. The van der Waals surface area contributed by atoms with Crippen LogP contribution in [0.4, 0.5) is 10.5 Å². The Kier molecular flexibility index (Phi) is 7.65. The highest BCUT2D eigenvalue weighted by Gasteiger charge is 2.26. The Bertz CT molecular complexity index is 715. The summed E-state index contributed by atoms with van der Waals surface area (Å²) in [6.45, 7) is 11.8. The fourth-order valence-corrected chi connectivity index (χ4v) is 3.20. The Labute approximate surface area is 173 Å². The Morgan fingerprint density at radius 1 is 1.03 bits per heavy atom. The number of hydrogen-bond acceptors (Lipinski definition) is 3. The minimum absolute atomic E-state index is 0.0529. The van der Waals surface area contributed by atoms with Gasteiger partial charge in [0, 0.05) is 30.9 Å². The van der Waals surface area contributed by atoms with Crippen LogP contribution in [0.3, 0.4) is 0 Å². The van der Waals surface area contributed by atoms with Gasteiger partial charge in [0.1, 0.15) is 0 Å². The van der Waals surface area contributed by atoms with Crippen molar-refractivity contribution in [2.75, 3.05) is 25.0 Å². The topological polar surface area (TPSA) is 90.5 Å². The average molecular weight is 403 g/mol. The van der Waals surface area contributed by atoms with E-state index < -0.39 is 11.8 Å². The number of benzene rings is 1. The van der Waals surface area contributed by atoms with Gasteiger partial charge in [0.25, 0.3) is 0 Å². The molecule has 3 N–H and O–H groups in total. The molecule has 0 saturated carbocycles. The lowest BCUT2D eigenvalue weighted by Crippen LogP contribution is -2.51. The second-order valence-electron chi connectivity index (χ2n) is 9.05. The van der Waals surface area contributed by atoms with Gasteiger partial charge in [0.2, 0.25) is 0 Å². The molecule has 1 fully saturated rings. The molecule has 1 aliphatic rings. The van der Waals surface area contributed by atoms with Crippen LogP contribution in [0, 0.1) is 5.92 Å². The third-order valence-electron chi connectivity index (χ3n) is 4.98. The van der Waals surface area contributed by atoms with E-state index in [9.17, 15) is 14.4 Å². The summed E-state index contributed by atoms with van der Waals surface area (Å²) in [5.74, 6) is -0.625. The van der Waals surface area contributed by atoms with Crippen molar-refractivity contribution in [3.05, 3.63) is 29.8 Å². The molecule has 29 heavy (non-hydrogen) atoms. The largest absolute Gasteiger partial charge is 0.348 e. The maximum absolute atomic E-state index is 12.2. The predicted molar refractivity (Wildman–Crippen MR) is 115 cm³/mol. The van der Waals surface area contributed by atoms with Gasteiger partial charge in [0.15, 0.2) is 0 Å². The number of nitrogens with one attached hydrogen (secondary N) is 3. The van der Waals surface area contributed by atoms with Crippen LogP contribution in [0.15, 0.2) is 24.3 Å². The summed E-state index contributed by atoms with van der Waals surface area (Å²) in [7, 11) is 0. The summed E-state index contributed by atoms with van der Waals surface area (Å²) >= 11 is 0. The first-order valence-electron chi connectivity index (χ1n) is 10.3. The maximum atomic E-state index is 12.2. The van der Waals surface area contributed by atoms with Crippen LogP contribution in [0.5, 0.6) is 0 Å². The zero-order valence-electron chi connectivity index (χ0n) is 18.2. The number of carbonyl (C=O) groups is 3. The third kappa shape index (κ3) is 7.40. The molecule has 7 heteroatoms. The van der Waals surface area contributed by atoms with E-state index in [1.807, 2.05) is 32.9 Å². The first kappa shape index (κ1) is 22.7. The number of hydrogen-bond donors (Lipinski definition) is 3. The minimum atomic E-state index is -0.663. The molecule has 0 aromatic heterocycles. The molecule has 7 nitrogen and oxygen atoms in total. The number of urea groups is 1. The number of nitrogens with zero attached hydrogens (tertiary/aromatic N) is 1. The summed E-state index contributed by atoms with van der Waals surface area (Å²) < 4.78 is 0. The zero-order chi connectivity index (χ0) is 21.6. The average Bonchev–Trinajstić information content (AvgIpc) is 2.65. The third-order valence-corrected chi connectivity index (χ3v) is 4.98. The van der Waals surface area contributed by atoms with Crippen LogP contribution in [0.1, 0.15) is 58.9 Å². The van der Waals surface area contributed by atoms with E-state index >= 15 is 0 Å². The van der Waals surface area contributed by atoms with Crippen molar-refractivity contribution in [3.63, 3.8) is 0 Å². The lowest BCUT2D eigenvalue weighted by molar-refractivity contribution is -0.136. The highest BCUT2D eigenvalue weighted by atomic mass is 16.2. The number of anilines is 1. The van der Waals surface area contributed by atoms with E-state index in [2.05, 4.69) is 29.8 Å². The SMILES string of the molecule is CC(C)c1ccc(NC(=O)C(=O)NCC2CCN(C(=O)NC(C)(C)C)CC2)cc1. The molecule has 1 aliphatic heterocycles. The van der Waals surface area contributed by atoms with Crippen molar-refractivity contribution in [2.24, 2.45) is 5.92 Å². The number of carbonyl (C=O) groups excluding carboxylic acids is 3. The van der Waals surface area contributed by atoms with Gasteiger partial charge in [-0.05, 0) is 63.1 Å². The summed E-state index contributed by atoms with van der Waals surface area (Å²) in [6, 6.07) is 7.45. The van der Waals surface area contributed by atoms with E-state index in [0.717, 1.165) is 12.8 Å². The first-order chi connectivity index (χ1) is 13.5. The molecule has 0 aliphatic carbocycles. The lowest BCUT2D eigenvalue weighted by Gasteiger charge is -2.34. The molecular formula is C22H34N4O3. The fourth-order valence-electron chi connectivity index (χ4n) is 3.20. The van der Waals surface area contributed by atoms with Crippen molar-refractivity contribution in [3.8, 4) is 0 Å². The predicted octanol–water partition coefficient (Wildman–Crippen LogP) is 3.08. The monoisotopic (exact) mass is 402 g/mol. The van der Waals surface area contributed by atoms with Crippen molar-refractivity contribution < 1.29 is 14.4 Å². The van der Waals surface area contributed by atoms with Crippen LogP contribution in [-0.2, 0) is 9.59 Å². The Morgan fingerprint density at radius 2 is 1.62 bits per heavy atom. The smallest absolute Gasteiger partial charge is 0.317 e. The van der Waals surface area contributed by atoms with E-state index in [1.165, 1.54) is 5.56 Å².